The predicted molar refractivity (Wildman–Crippen MR) is 335 cm³/mol. The molecule has 0 radical (unpaired) electrons. The zero-order valence-corrected chi connectivity index (χ0v) is 44.3. The first kappa shape index (κ1) is 46.8. The summed E-state index contributed by atoms with van der Waals surface area (Å²) in [5.74, 6) is 0. The van der Waals surface area contributed by atoms with Crippen molar-refractivity contribution >= 4 is 93.0 Å². The molecule has 2 aromatic heterocycles. The standard InChI is InChI=1S/C69H47N3.C6H10/c1-69(2)61-41-46(44-29-35-65-59(39-44)56-25-13-15-27-63(56)70(65)48-17-5-3-6-18-48)31-37-67(61)72(50-33-34-55-53-23-10-9-21-51(53)52-22-11-12-24-54(52)58(55)43-50)68-38-32-47(42-62(68)69)45-30-36-66-60(40-45)57-26-14-16-28-64(57)71(66)49-19-7-4-8-20-49;1-3-5-6-4-2/h3-43H,1-2H3;3-6H,1-2H3/b;5-3-,6-4-. The third kappa shape index (κ3) is 7.49. The van der Waals surface area contributed by atoms with Crippen molar-refractivity contribution in [2.45, 2.75) is 33.1 Å². The van der Waals surface area contributed by atoms with Gasteiger partial charge in [-0.2, -0.15) is 0 Å². The van der Waals surface area contributed by atoms with Gasteiger partial charge in [-0.15, -0.1) is 0 Å². The van der Waals surface area contributed by atoms with Crippen LogP contribution < -0.4 is 4.90 Å². The van der Waals surface area contributed by atoms with Gasteiger partial charge in [0.1, 0.15) is 0 Å². The molecule has 3 nitrogen and oxygen atoms in total. The van der Waals surface area contributed by atoms with Crippen molar-refractivity contribution in [3.05, 3.63) is 284 Å². The Morgan fingerprint density at radius 3 is 1.09 bits per heavy atom. The molecular weight excluding hydrogens is 943 g/mol. The summed E-state index contributed by atoms with van der Waals surface area (Å²) in [6.45, 7) is 8.84. The first-order valence-corrected chi connectivity index (χ1v) is 27.2. The van der Waals surface area contributed by atoms with Crippen molar-refractivity contribution in [2.75, 3.05) is 4.90 Å². The van der Waals surface area contributed by atoms with Gasteiger partial charge in [-0.25, -0.2) is 0 Å². The molecule has 12 aromatic carbocycles. The van der Waals surface area contributed by atoms with Gasteiger partial charge in [-0.3, -0.25) is 0 Å². The van der Waals surface area contributed by atoms with Gasteiger partial charge in [0, 0.05) is 44.0 Å². The molecule has 0 amide bonds. The molecule has 3 heterocycles. The van der Waals surface area contributed by atoms with E-state index in [1.807, 2.05) is 38.2 Å². The van der Waals surface area contributed by atoms with Crippen LogP contribution in [0.5, 0.6) is 0 Å². The fourth-order valence-electron chi connectivity index (χ4n) is 12.6. The third-order valence-corrected chi connectivity index (χ3v) is 16.3. The van der Waals surface area contributed by atoms with E-state index in [-0.39, 0.29) is 5.41 Å². The number of allylic oxidation sites excluding steroid dienone is 4. The Hall–Kier alpha value is -9.70. The summed E-state index contributed by atoms with van der Waals surface area (Å²) in [5, 5.41) is 12.6. The van der Waals surface area contributed by atoms with Crippen LogP contribution in [0.3, 0.4) is 0 Å². The van der Waals surface area contributed by atoms with Gasteiger partial charge in [-0.05, 0) is 177 Å². The van der Waals surface area contributed by atoms with E-state index in [1.54, 1.807) is 0 Å². The highest BCUT2D eigenvalue weighted by atomic mass is 15.2. The second-order valence-electron chi connectivity index (χ2n) is 21.1. The average Bonchev–Trinajstić information content (AvgIpc) is 4.05. The monoisotopic (exact) mass is 999 g/mol. The molecular formula is C75H57N3. The van der Waals surface area contributed by atoms with Crippen LogP contribution in [0.25, 0.3) is 110 Å². The van der Waals surface area contributed by atoms with E-state index in [4.69, 9.17) is 0 Å². The maximum Gasteiger partial charge on any atom is 0.0541 e. The summed E-state index contributed by atoms with van der Waals surface area (Å²) in [4.78, 5) is 2.53. The summed E-state index contributed by atoms with van der Waals surface area (Å²) in [7, 11) is 0. The largest absolute Gasteiger partial charge is 0.310 e. The van der Waals surface area contributed by atoms with E-state index in [0.29, 0.717) is 0 Å². The number of aromatic nitrogens is 2. The van der Waals surface area contributed by atoms with Crippen molar-refractivity contribution in [3.8, 4) is 33.6 Å². The Balaban J connectivity index is 0.000000874. The minimum absolute atomic E-state index is 0.353. The molecule has 78 heavy (non-hydrogen) atoms. The lowest BCUT2D eigenvalue weighted by Crippen LogP contribution is -2.30. The quantitative estimate of drug-likeness (QED) is 0.120. The van der Waals surface area contributed by atoms with E-state index in [2.05, 4.69) is 277 Å². The van der Waals surface area contributed by atoms with Gasteiger partial charge < -0.3 is 14.0 Å². The maximum absolute atomic E-state index is 2.53. The Labute approximate surface area is 455 Å². The Morgan fingerprint density at radius 1 is 0.282 bits per heavy atom. The lowest BCUT2D eigenvalue weighted by molar-refractivity contribution is 0.632. The SMILES string of the molecule is C/C=C\C=C/C.CC1(C)c2cc(-c3ccc4c(c3)c3ccccc3n4-c3ccccc3)ccc2N(c2ccc3c4ccccc4c4ccccc4c3c2)c2ccc(-c3ccc4c(c3)c3ccccc3n4-c3ccccc3)cc21. The molecule has 3 heteroatoms. The molecule has 14 aromatic rings. The third-order valence-electron chi connectivity index (χ3n) is 16.3. The highest BCUT2D eigenvalue weighted by Crippen LogP contribution is 2.54. The highest BCUT2D eigenvalue weighted by molar-refractivity contribution is 6.26. The number of hydrogen-bond donors (Lipinski definition) is 0. The number of hydrogen-bond acceptors (Lipinski definition) is 1. The van der Waals surface area contributed by atoms with Crippen molar-refractivity contribution in [1.29, 1.82) is 0 Å². The van der Waals surface area contributed by atoms with E-state index >= 15 is 0 Å². The molecule has 1 aliphatic heterocycles. The second kappa shape index (κ2) is 18.8. The molecule has 0 unspecified atom stereocenters. The zero-order valence-electron chi connectivity index (χ0n) is 44.3. The molecule has 15 rings (SSSR count). The molecule has 0 bridgehead atoms. The first-order valence-electron chi connectivity index (χ1n) is 27.2. The van der Waals surface area contributed by atoms with Crippen molar-refractivity contribution in [1.82, 2.24) is 9.13 Å². The topological polar surface area (TPSA) is 13.1 Å². The number of benzene rings is 12. The summed E-state index contributed by atoms with van der Waals surface area (Å²) in [6, 6.07) is 92.4. The second-order valence-corrected chi connectivity index (χ2v) is 21.1. The Kier molecular flexibility index (Phi) is 11.3. The fraction of sp³-hybridized carbons (Fsp3) is 0.0667. The van der Waals surface area contributed by atoms with Crippen LogP contribution in [0.2, 0.25) is 0 Å². The smallest absolute Gasteiger partial charge is 0.0541 e. The van der Waals surface area contributed by atoms with Gasteiger partial charge in [0.05, 0.1) is 33.4 Å². The highest BCUT2D eigenvalue weighted by Gasteiger charge is 2.38. The number of nitrogens with zero attached hydrogens (tertiary/aromatic N) is 3. The average molecular weight is 1000 g/mol. The van der Waals surface area contributed by atoms with Gasteiger partial charge >= 0.3 is 0 Å². The minimum Gasteiger partial charge on any atom is -0.310 e. The molecule has 0 aliphatic carbocycles. The minimum atomic E-state index is -0.353. The number of para-hydroxylation sites is 4. The van der Waals surface area contributed by atoms with Crippen molar-refractivity contribution in [2.24, 2.45) is 0 Å². The van der Waals surface area contributed by atoms with Crippen LogP contribution in [0.4, 0.5) is 17.1 Å². The Bertz CT molecular complexity index is 4460. The molecule has 0 N–H and O–H groups in total. The summed E-state index contributed by atoms with van der Waals surface area (Å²) in [6.07, 6.45) is 8.00. The number of anilines is 3. The molecule has 372 valence electrons. The first-order chi connectivity index (χ1) is 38.4. The molecule has 0 fully saturated rings. The van der Waals surface area contributed by atoms with E-state index in [0.717, 1.165) is 5.69 Å². The normalized spacial score (nSPS) is 13.1. The van der Waals surface area contributed by atoms with Crippen LogP contribution in [0.15, 0.2) is 273 Å². The zero-order chi connectivity index (χ0) is 52.5. The molecule has 0 spiro atoms. The molecule has 0 atom stereocenters. The number of rotatable bonds is 6. The van der Waals surface area contributed by atoms with Crippen LogP contribution in [-0.2, 0) is 5.41 Å². The van der Waals surface area contributed by atoms with Crippen LogP contribution in [-0.4, -0.2) is 9.13 Å². The molecule has 0 saturated carbocycles. The number of fused-ring (bicyclic) bond motifs is 14. The van der Waals surface area contributed by atoms with E-state index in [9.17, 15) is 0 Å². The molecule has 1 aliphatic rings. The van der Waals surface area contributed by atoms with Gasteiger partial charge in [0.2, 0.25) is 0 Å². The summed E-state index contributed by atoms with van der Waals surface area (Å²) < 4.78 is 4.79. The van der Waals surface area contributed by atoms with E-state index < -0.39 is 0 Å². The lowest BCUT2D eigenvalue weighted by atomic mass is 9.72. The van der Waals surface area contributed by atoms with Crippen LogP contribution in [0.1, 0.15) is 38.8 Å². The summed E-state index contributed by atoms with van der Waals surface area (Å²) >= 11 is 0. The van der Waals surface area contributed by atoms with Crippen LogP contribution in [0, 0.1) is 0 Å². The van der Waals surface area contributed by atoms with Crippen molar-refractivity contribution in [3.63, 3.8) is 0 Å². The predicted octanol–water partition coefficient (Wildman–Crippen LogP) is 20.9. The van der Waals surface area contributed by atoms with Gasteiger partial charge in [0.25, 0.3) is 0 Å². The fourth-order valence-corrected chi connectivity index (χ4v) is 12.6. The van der Waals surface area contributed by atoms with Crippen LogP contribution >= 0.6 is 0 Å². The van der Waals surface area contributed by atoms with Crippen molar-refractivity contribution < 1.29 is 0 Å². The van der Waals surface area contributed by atoms with Gasteiger partial charge in [-0.1, -0.05) is 190 Å². The molecule has 0 saturated heterocycles. The van der Waals surface area contributed by atoms with Gasteiger partial charge in [0.15, 0.2) is 0 Å². The van der Waals surface area contributed by atoms with E-state index in [1.165, 1.54) is 132 Å². The maximum atomic E-state index is 2.53. The summed E-state index contributed by atoms with van der Waals surface area (Å²) in [5.41, 5.74) is 17.8. The Morgan fingerprint density at radius 2 is 0.641 bits per heavy atom. The lowest BCUT2D eigenvalue weighted by Gasteiger charge is -2.42.